The Morgan fingerprint density at radius 2 is 2.04 bits per heavy atom. The number of allylic oxidation sites excluding steroid dienone is 5. The van der Waals surface area contributed by atoms with Crippen molar-refractivity contribution in [1.82, 2.24) is 4.90 Å². The van der Waals surface area contributed by atoms with E-state index in [-0.39, 0.29) is 11.5 Å². The molecule has 0 fully saturated rings. The van der Waals surface area contributed by atoms with E-state index in [0.29, 0.717) is 18.7 Å². The number of methoxy groups -OCH3 is 1. The second-order valence-corrected chi connectivity index (χ2v) is 5.25. The first kappa shape index (κ1) is 20.2. The third-order valence-corrected chi connectivity index (χ3v) is 3.71. The van der Waals surface area contributed by atoms with Crippen molar-refractivity contribution >= 4 is 11.9 Å². The lowest BCUT2D eigenvalue weighted by molar-refractivity contribution is -0.148. The van der Waals surface area contributed by atoms with Crippen LogP contribution in [0.25, 0.3) is 0 Å². The molecule has 0 aromatic heterocycles. The number of ether oxygens (including phenoxy) is 2. The fourth-order valence-electron chi connectivity index (χ4n) is 2.34. The Morgan fingerprint density at radius 1 is 1.32 bits per heavy atom. The third kappa shape index (κ3) is 5.35. The topological polar surface area (TPSA) is 79.6 Å². The number of nitrogens with zero attached hydrogens (tertiary/aromatic N) is 2. The van der Waals surface area contributed by atoms with Gasteiger partial charge in [-0.3, -0.25) is 0 Å². The number of rotatable bonds is 7. The maximum Gasteiger partial charge on any atom is 0.348 e. The molecule has 0 saturated heterocycles. The summed E-state index contributed by atoms with van der Waals surface area (Å²) in [6.45, 7) is 6.01. The van der Waals surface area contributed by atoms with Crippen LogP contribution in [0.3, 0.4) is 0 Å². The van der Waals surface area contributed by atoms with Crippen LogP contribution >= 0.6 is 0 Å². The smallest absolute Gasteiger partial charge is 0.348 e. The van der Waals surface area contributed by atoms with Gasteiger partial charge in [0.05, 0.1) is 13.7 Å². The molecule has 1 heterocycles. The lowest BCUT2D eigenvalue weighted by Crippen LogP contribution is -2.38. The van der Waals surface area contributed by atoms with Crippen molar-refractivity contribution in [3.63, 3.8) is 0 Å². The van der Waals surface area contributed by atoms with Gasteiger partial charge in [-0.15, -0.1) is 0 Å². The van der Waals surface area contributed by atoms with Crippen LogP contribution in [0.4, 0.5) is 0 Å². The number of esters is 2. The Balaban J connectivity index is 3.25. The summed E-state index contributed by atoms with van der Waals surface area (Å²) < 4.78 is 9.73. The van der Waals surface area contributed by atoms with E-state index in [1.807, 2.05) is 37.1 Å². The van der Waals surface area contributed by atoms with E-state index < -0.39 is 12.0 Å². The van der Waals surface area contributed by atoms with Gasteiger partial charge in [-0.05, 0) is 43.6 Å². The Bertz CT molecular complexity index is 665. The average molecular weight is 344 g/mol. The van der Waals surface area contributed by atoms with Crippen LogP contribution in [0.2, 0.25) is 0 Å². The molecule has 0 saturated carbocycles. The Hall–Kier alpha value is -2.81. The van der Waals surface area contributed by atoms with Crippen molar-refractivity contribution in [2.75, 3.05) is 13.7 Å². The largest absolute Gasteiger partial charge is 0.465 e. The van der Waals surface area contributed by atoms with Gasteiger partial charge in [0, 0.05) is 11.9 Å². The molecule has 0 aromatic rings. The monoisotopic (exact) mass is 344 g/mol. The molecule has 1 rings (SSSR count). The van der Waals surface area contributed by atoms with Crippen LogP contribution in [0.5, 0.6) is 0 Å². The van der Waals surface area contributed by atoms with Crippen molar-refractivity contribution in [2.45, 2.75) is 39.7 Å². The van der Waals surface area contributed by atoms with Crippen molar-refractivity contribution < 1.29 is 19.1 Å². The predicted molar refractivity (Wildman–Crippen MR) is 93.9 cm³/mol. The Kier molecular flexibility index (Phi) is 8.21. The minimum Gasteiger partial charge on any atom is -0.465 e. The van der Waals surface area contributed by atoms with E-state index in [1.165, 1.54) is 13.2 Å². The highest BCUT2D eigenvalue weighted by Gasteiger charge is 2.26. The lowest BCUT2D eigenvalue weighted by Gasteiger charge is -2.32. The molecule has 1 aliphatic heterocycles. The summed E-state index contributed by atoms with van der Waals surface area (Å²) in [5, 5.41) is 9.05. The van der Waals surface area contributed by atoms with Gasteiger partial charge in [0.15, 0.2) is 0 Å². The molecular weight excluding hydrogens is 320 g/mol. The minimum atomic E-state index is -0.701. The van der Waals surface area contributed by atoms with Crippen LogP contribution in [0.1, 0.15) is 33.6 Å². The first-order valence-corrected chi connectivity index (χ1v) is 8.26. The van der Waals surface area contributed by atoms with Gasteiger partial charge in [0.25, 0.3) is 0 Å². The quantitative estimate of drug-likeness (QED) is 0.401. The number of hydrogen-bond acceptors (Lipinski definition) is 6. The molecule has 0 radical (unpaired) electrons. The van der Waals surface area contributed by atoms with Crippen LogP contribution in [0.15, 0.2) is 47.3 Å². The second kappa shape index (κ2) is 10.1. The highest BCUT2D eigenvalue weighted by atomic mass is 16.5. The molecule has 25 heavy (non-hydrogen) atoms. The van der Waals surface area contributed by atoms with Gasteiger partial charge >= 0.3 is 11.9 Å². The molecule has 0 aromatic carbocycles. The van der Waals surface area contributed by atoms with Crippen LogP contribution in [-0.2, 0) is 19.1 Å². The SMILES string of the molecule is CCOC(=O)C(CC)N1C=C(CC)C=C/C1=C\C=C(/C#N)C(=O)OC. The normalized spacial score (nSPS) is 16.9. The van der Waals surface area contributed by atoms with Gasteiger partial charge in [-0.25, -0.2) is 9.59 Å². The minimum absolute atomic E-state index is 0.113. The molecule has 1 atom stereocenters. The van der Waals surface area contributed by atoms with E-state index in [0.717, 1.165) is 12.0 Å². The van der Waals surface area contributed by atoms with Gasteiger partial charge in [-0.1, -0.05) is 19.9 Å². The molecular formula is C19H24N2O4. The van der Waals surface area contributed by atoms with E-state index in [9.17, 15) is 9.59 Å². The van der Waals surface area contributed by atoms with Crippen LogP contribution in [0, 0.1) is 11.3 Å². The summed E-state index contributed by atoms with van der Waals surface area (Å²) in [4.78, 5) is 25.6. The summed E-state index contributed by atoms with van der Waals surface area (Å²) in [6, 6.07) is 1.33. The number of carbonyl (C=O) groups excluding carboxylic acids is 2. The maximum absolute atomic E-state index is 12.3. The van der Waals surface area contributed by atoms with Crippen LogP contribution < -0.4 is 0 Å². The van der Waals surface area contributed by atoms with Gasteiger partial charge in [-0.2, -0.15) is 5.26 Å². The Morgan fingerprint density at radius 3 is 2.56 bits per heavy atom. The highest BCUT2D eigenvalue weighted by molar-refractivity contribution is 5.93. The summed E-state index contributed by atoms with van der Waals surface area (Å²) in [5.41, 5.74) is 1.64. The molecule has 0 N–H and O–H groups in total. The molecule has 1 aliphatic rings. The lowest BCUT2D eigenvalue weighted by atomic mass is 10.1. The average Bonchev–Trinajstić information content (AvgIpc) is 2.63. The number of nitriles is 1. The molecule has 0 bridgehead atoms. The highest BCUT2D eigenvalue weighted by Crippen LogP contribution is 2.24. The van der Waals surface area contributed by atoms with E-state index >= 15 is 0 Å². The maximum atomic E-state index is 12.3. The molecule has 0 amide bonds. The predicted octanol–water partition coefficient (Wildman–Crippen LogP) is 3.00. The third-order valence-electron chi connectivity index (χ3n) is 3.71. The van der Waals surface area contributed by atoms with Gasteiger partial charge in [0.1, 0.15) is 17.7 Å². The van der Waals surface area contributed by atoms with Crippen molar-refractivity contribution in [3.8, 4) is 6.07 Å². The van der Waals surface area contributed by atoms with Crippen molar-refractivity contribution in [3.05, 3.63) is 47.3 Å². The van der Waals surface area contributed by atoms with Gasteiger partial charge in [0.2, 0.25) is 0 Å². The van der Waals surface area contributed by atoms with Gasteiger partial charge < -0.3 is 14.4 Å². The molecule has 0 aliphatic carbocycles. The van der Waals surface area contributed by atoms with E-state index in [1.54, 1.807) is 19.1 Å². The fraction of sp³-hybridized carbons (Fsp3) is 0.421. The number of hydrogen-bond donors (Lipinski definition) is 0. The standard InChI is InChI=1S/C19H24N2O4/c1-5-14-8-10-16(11-9-15(12-20)18(22)24-4)21(13-14)17(6-2)19(23)25-7-3/h8-11,13,17H,5-7H2,1-4H3/b15-9+,16-11+. The molecule has 6 heteroatoms. The first-order valence-electron chi connectivity index (χ1n) is 8.26. The zero-order valence-electron chi connectivity index (χ0n) is 15.1. The summed E-state index contributed by atoms with van der Waals surface area (Å²) in [7, 11) is 1.22. The molecule has 1 unspecified atom stereocenters. The summed E-state index contributed by atoms with van der Waals surface area (Å²) in [6.07, 6.45) is 10.1. The molecule has 6 nitrogen and oxygen atoms in total. The second-order valence-electron chi connectivity index (χ2n) is 5.25. The fourth-order valence-corrected chi connectivity index (χ4v) is 2.34. The molecule has 134 valence electrons. The van der Waals surface area contributed by atoms with E-state index in [2.05, 4.69) is 4.74 Å². The molecule has 0 spiro atoms. The van der Waals surface area contributed by atoms with Crippen LogP contribution in [-0.4, -0.2) is 36.6 Å². The van der Waals surface area contributed by atoms with Crippen molar-refractivity contribution in [1.29, 1.82) is 5.26 Å². The van der Waals surface area contributed by atoms with E-state index in [4.69, 9.17) is 10.00 Å². The summed E-state index contributed by atoms with van der Waals surface area (Å²) in [5.74, 6) is -1.01. The number of carbonyl (C=O) groups is 2. The summed E-state index contributed by atoms with van der Waals surface area (Å²) >= 11 is 0. The zero-order chi connectivity index (χ0) is 18.8. The van der Waals surface area contributed by atoms with Crippen molar-refractivity contribution in [2.24, 2.45) is 0 Å². The first-order chi connectivity index (χ1) is 12.0. The Labute approximate surface area is 148 Å². The zero-order valence-corrected chi connectivity index (χ0v) is 15.1.